The smallest absolute Gasteiger partial charge is 0.304 e. The Labute approximate surface area is 79.3 Å². The normalized spacial score (nSPS) is 31.2. The zero-order valence-corrected chi connectivity index (χ0v) is 8.20. The van der Waals surface area contributed by atoms with Gasteiger partial charge in [0.15, 0.2) is 0 Å². The number of hydrogen-bond donors (Lipinski definition) is 2. The molecule has 0 radical (unpaired) electrons. The number of rotatable bonds is 3. The molecule has 3 nitrogen and oxygen atoms in total. The Hall–Kier alpha value is -0.570. The standard InChI is InChI=1S/C10H19NO2/c1-7-2-4-8(5-3-7)9(11)6-10(12)13/h7-9H,2-6,11H2,1H3,(H,12,13)/t7?,8?,9-/m1/s1. The van der Waals surface area contributed by atoms with E-state index < -0.39 is 5.97 Å². The monoisotopic (exact) mass is 185 g/mol. The number of carboxylic acids is 1. The summed E-state index contributed by atoms with van der Waals surface area (Å²) in [6.07, 6.45) is 4.75. The highest BCUT2D eigenvalue weighted by Crippen LogP contribution is 2.30. The Morgan fingerprint density at radius 3 is 2.46 bits per heavy atom. The van der Waals surface area contributed by atoms with Gasteiger partial charge in [-0.15, -0.1) is 0 Å². The Kier molecular flexibility index (Phi) is 3.72. The molecule has 0 bridgehead atoms. The number of carboxylic acid groups (broad SMARTS) is 1. The van der Waals surface area contributed by atoms with E-state index in [4.69, 9.17) is 10.8 Å². The summed E-state index contributed by atoms with van der Waals surface area (Å²) in [6.45, 7) is 2.25. The van der Waals surface area contributed by atoms with Crippen LogP contribution in [-0.4, -0.2) is 17.1 Å². The molecule has 1 rings (SSSR count). The maximum Gasteiger partial charge on any atom is 0.304 e. The fourth-order valence-corrected chi connectivity index (χ4v) is 2.08. The Morgan fingerprint density at radius 2 is 2.00 bits per heavy atom. The molecule has 1 aliphatic carbocycles. The summed E-state index contributed by atoms with van der Waals surface area (Å²) < 4.78 is 0. The Balaban J connectivity index is 2.31. The molecule has 0 aromatic rings. The van der Waals surface area contributed by atoms with Crippen molar-refractivity contribution < 1.29 is 9.90 Å². The molecule has 3 N–H and O–H groups in total. The van der Waals surface area contributed by atoms with E-state index in [1.807, 2.05) is 0 Å². The number of aliphatic carboxylic acids is 1. The van der Waals surface area contributed by atoms with Crippen molar-refractivity contribution in [2.45, 2.75) is 45.1 Å². The van der Waals surface area contributed by atoms with Crippen LogP contribution in [0.3, 0.4) is 0 Å². The van der Waals surface area contributed by atoms with Crippen molar-refractivity contribution in [3.05, 3.63) is 0 Å². The van der Waals surface area contributed by atoms with Gasteiger partial charge in [-0.3, -0.25) is 4.79 Å². The maximum absolute atomic E-state index is 10.4. The van der Waals surface area contributed by atoms with E-state index in [0.29, 0.717) is 5.92 Å². The van der Waals surface area contributed by atoms with Gasteiger partial charge in [-0.25, -0.2) is 0 Å². The highest BCUT2D eigenvalue weighted by molar-refractivity contribution is 5.67. The van der Waals surface area contributed by atoms with Gasteiger partial charge in [0.25, 0.3) is 0 Å². The Morgan fingerprint density at radius 1 is 1.46 bits per heavy atom. The number of nitrogens with two attached hydrogens (primary N) is 1. The first-order valence-corrected chi connectivity index (χ1v) is 5.07. The van der Waals surface area contributed by atoms with Crippen molar-refractivity contribution in [2.24, 2.45) is 17.6 Å². The van der Waals surface area contributed by atoms with Gasteiger partial charge in [0.2, 0.25) is 0 Å². The molecule has 0 aromatic carbocycles. The lowest BCUT2D eigenvalue weighted by Gasteiger charge is -2.29. The van der Waals surface area contributed by atoms with Crippen LogP contribution in [0.15, 0.2) is 0 Å². The molecule has 0 spiro atoms. The summed E-state index contributed by atoms with van der Waals surface area (Å²) in [6, 6.07) is -0.134. The van der Waals surface area contributed by atoms with E-state index in [-0.39, 0.29) is 12.5 Å². The van der Waals surface area contributed by atoms with Crippen LogP contribution in [-0.2, 0) is 4.79 Å². The predicted octanol–water partition coefficient (Wildman–Crippen LogP) is 1.61. The SMILES string of the molecule is CC1CCC([C@H](N)CC(=O)O)CC1. The van der Waals surface area contributed by atoms with Gasteiger partial charge in [-0.1, -0.05) is 19.8 Å². The van der Waals surface area contributed by atoms with Crippen LogP contribution < -0.4 is 5.73 Å². The van der Waals surface area contributed by atoms with Crippen LogP contribution in [0.25, 0.3) is 0 Å². The maximum atomic E-state index is 10.4. The average molecular weight is 185 g/mol. The molecule has 1 atom stereocenters. The summed E-state index contributed by atoms with van der Waals surface area (Å²) in [7, 11) is 0. The molecule has 1 saturated carbocycles. The molecule has 0 aliphatic heterocycles. The molecule has 1 fully saturated rings. The van der Waals surface area contributed by atoms with Gasteiger partial charge in [0, 0.05) is 6.04 Å². The van der Waals surface area contributed by atoms with Crippen molar-refractivity contribution in [1.29, 1.82) is 0 Å². The van der Waals surface area contributed by atoms with Crippen molar-refractivity contribution in [3.8, 4) is 0 Å². The third-order valence-corrected chi connectivity index (χ3v) is 3.08. The lowest BCUT2D eigenvalue weighted by molar-refractivity contribution is -0.137. The van der Waals surface area contributed by atoms with E-state index in [0.717, 1.165) is 18.8 Å². The third kappa shape index (κ3) is 3.35. The second-order valence-corrected chi connectivity index (χ2v) is 4.28. The summed E-state index contributed by atoms with van der Waals surface area (Å²) in [5, 5.41) is 8.59. The zero-order chi connectivity index (χ0) is 9.84. The zero-order valence-electron chi connectivity index (χ0n) is 8.20. The van der Waals surface area contributed by atoms with Crippen molar-refractivity contribution in [1.82, 2.24) is 0 Å². The van der Waals surface area contributed by atoms with Crippen molar-refractivity contribution >= 4 is 5.97 Å². The minimum absolute atomic E-state index is 0.124. The lowest BCUT2D eigenvalue weighted by atomic mass is 9.79. The molecule has 0 aromatic heterocycles. The molecule has 13 heavy (non-hydrogen) atoms. The molecule has 76 valence electrons. The fraction of sp³-hybridized carbons (Fsp3) is 0.900. The predicted molar refractivity (Wildman–Crippen MR) is 51.4 cm³/mol. The lowest BCUT2D eigenvalue weighted by Crippen LogP contribution is -2.34. The van der Waals surface area contributed by atoms with E-state index in [1.54, 1.807) is 0 Å². The second-order valence-electron chi connectivity index (χ2n) is 4.28. The minimum Gasteiger partial charge on any atom is -0.481 e. The van der Waals surface area contributed by atoms with Crippen LogP contribution in [0.4, 0.5) is 0 Å². The molecule has 1 aliphatic rings. The van der Waals surface area contributed by atoms with Gasteiger partial charge in [0.1, 0.15) is 0 Å². The molecular weight excluding hydrogens is 166 g/mol. The first-order valence-electron chi connectivity index (χ1n) is 5.07. The summed E-state index contributed by atoms with van der Waals surface area (Å²) in [5.41, 5.74) is 5.81. The van der Waals surface area contributed by atoms with Crippen LogP contribution in [0, 0.1) is 11.8 Å². The van der Waals surface area contributed by atoms with Crippen LogP contribution in [0.2, 0.25) is 0 Å². The molecule has 0 heterocycles. The highest BCUT2D eigenvalue weighted by Gasteiger charge is 2.24. The second kappa shape index (κ2) is 4.61. The van der Waals surface area contributed by atoms with Crippen LogP contribution in [0.5, 0.6) is 0 Å². The van der Waals surface area contributed by atoms with Gasteiger partial charge in [0.05, 0.1) is 6.42 Å². The van der Waals surface area contributed by atoms with Crippen molar-refractivity contribution in [2.75, 3.05) is 0 Å². The van der Waals surface area contributed by atoms with E-state index in [9.17, 15) is 4.79 Å². The summed E-state index contributed by atoms with van der Waals surface area (Å²) in [5.74, 6) is 0.465. The summed E-state index contributed by atoms with van der Waals surface area (Å²) in [4.78, 5) is 10.4. The number of carbonyl (C=O) groups is 1. The fourth-order valence-electron chi connectivity index (χ4n) is 2.08. The Bertz CT molecular complexity index is 174. The molecule has 0 unspecified atom stereocenters. The van der Waals surface area contributed by atoms with Crippen LogP contribution in [0.1, 0.15) is 39.0 Å². The third-order valence-electron chi connectivity index (χ3n) is 3.08. The number of hydrogen-bond acceptors (Lipinski definition) is 2. The first kappa shape index (κ1) is 10.5. The van der Waals surface area contributed by atoms with Crippen LogP contribution >= 0.6 is 0 Å². The molecular formula is C10H19NO2. The molecule has 3 heteroatoms. The van der Waals surface area contributed by atoms with E-state index in [1.165, 1.54) is 12.8 Å². The largest absolute Gasteiger partial charge is 0.481 e. The van der Waals surface area contributed by atoms with Gasteiger partial charge in [-0.05, 0) is 24.7 Å². The molecule has 0 amide bonds. The van der Waals surface area contributed by atoms with Gasteiger partial charge < -0.3 is 10.8 Å². The van der Waals surface area contributed by atoms with E-state index in [2.05, 4.69) is 6.92 Å². The van der Waals surface area contributed by atoms with E-state index >= 15 is 0 Å². The summed E-state index contributed by atoms with van der Waals surface area (Å²) >= 11 is 0. The van der Waals surface area contributed by atoms with Gasteiger partial charge >= 0.3 is 5.97 Å². The first-order chi connectivity index (χ1) is 6.09. The minimum atomic E-state index is -0.772. The molecule has 0 saturated heterocycles. The average Bonchev–Trinajstić information content (AvgIpc) is 2.04. The topological polar surface area (TPSA) is 63.3 Å². The van der Waals surface area contributed by atoms with Crippen molar-refractivity contribution in [3.63, 3.8) is 0 Å². The van der Waals surface area contributed by atoms with Gasteiger partial charge in [-0.2, -0.15) is 0 Å². The highest BCUT2D eigenvalue weighted by atomic mass is 16.4. The quantitative estimate of drug-likeness (QED) is 0.702.